The first-order valence-corrected chi connectivity index (χ1v) is 7.38. The van der Waals surface area contributed by atoms with Gasteiger partial charge in [-0.05, 0) is 37.6 Å². The molecule has 2 rings (SSSR count). The summed E-state index contributed by atoms with van der Waals surface area (Å²) in [6.45, 7) is 5.25. The van der Waals surface area contributed by atoms with Crippen LogP contribution < -0.4 is 0 Å². The first-order valence-electron chi connectivity index (χ1n) is 7.01. The molecule has 0 spiro atoms. The van der Waals surface area contributed by atoms with Crippen molar-refractivity contribution >= 4 is 17.5 Å². The van der Waals surface area contributed by atoms with Crippen LogP contribution >= 0.6 is 11.6 Å². The summed E-state index contributed by atoms with van der Waals surface area (Å²) in [6.07, 6.45) is 1.95. The van der Waals surface area contributed by atoms with Gasteiger partial charge in [-0.25, -0.2) is 0 Å². The minimum atomic E-state index is -0.144. The third kappa shape index (κ3) is 3.25. The standard InChI is InChI=1S/C15H21ClN2O2/c1-3-18-8-6-12(7-9-18)17(2)15(20)13-5-4-11(16)10-14(13)19/h4-5,10,12,19H,3,6-9H2,1-2H3. The van der Waals surface area contributed by atoms with Crippen LogP contribution in [0.15, 0.2) is 18.2 Å². The van der Waals surface area contributed by atoms with E-state index in [4.69, 9.17) is 11.6 Å². The molecule has 1 N–H and O–H groups in total. The summed E-state index contributed by atoms with van der Waals surface area (Å²) in [5, 5.41) is 10.3. The molecule has 0 radical (unpaired) electrons. The smallest absolute Gasteiger partial charge is 0.257 e. The number of piperidine rings is 1. The van der Waals surface area contributed by atoms with Crippen LogP contribution in [-0.2, 0) is 0 Å². The average Bonchev–Trinajstić information content (AvgIpc) is 2.46. The first-order chi connectivity index (χ1) is 9.52. The van der Waals surface area contributed by atoms with Crippen molar-refractivity contribution in [2.75, 3.05) is 26.7 Å². The van der Waals surface area contributed by atoms with Crippen LogP contribution in [0.5, 0.6) is 5.75 Å². The molecule has 0 unspecified atom stereocenters. The third-order valence-corrected chi connectivity index (χ3v) is 4.30. The number of nitrogens with zero attached hydrogens (tertiary/aromatic N) is 2. The number of rotatable bonds is 3. The maximum absolute atomic E-state index is 12.4. The molecule has 1 heterocycles. The lowest BCUT2D eigenvalue weighted by molar-refractivity contribution is 0.0644. The number of carbonyl (C=O) groups is 1. The Labute approximate surface area is 124 Å². The number of hydrogen-bond donors (Lipinski definition) is 1. The molecule has 5 heteroatoms. The van der Waals surface area contributed by atoms with Crippen molar-refractivity contribution in [3.8, 4) is 5.75 Å². The second-order valence-corrected chi connectivity index (χ2v) is 5.68. The first kappa shape index (κ1) is 15.1. The van der Waals surface area contributed by atoms with E-state index in [1.54, 1.807) is 17.0 Å². The van der Waals surface area contributed by atoms with Crippen LogP contribution in [0.25, 0.3) is 0 Å². The van der Waals surface area contributed by atoms with E-state index in [2.05, 4.69) is 11.8 Å². The molecule has 0 bridgehead atoms. The molecule has 110 valence electrons. The Balaban J connectivity index is 2.05. The maximum Gasteiger partial charge on any atom is 0.257 e. The lowest BCUT2D eigenvalue weighted by atomic mass is 10.0. The van der Waals surface area contributed by atoms with Crippen molar-refractivity contribution in [3.63, 3.8) is 0 Å². The molecule has 0 saturated carbocycles. The fourth-order valence-corrected chi connectivity index (χ4v) is 2.83. The summed E-state index contributed by atoms with van der Waals surface area (Å²) < 4.78 is 0. The maximum atomic E-state index is 12.4. The van der Waals surface area contributed by atoms with Gasteiger partial charge < -0.3 is 14.9 Å². The number of phenolic OH excluding ortho intramolecular Hbond substituents is 1. The van der Waals surface area contributed by atoms with Gasteiger partial charge in [0.15, 0.2) is 0 Å². The number of benzene rings is 1. The zero-order chi connectivity index (χ0) is 14.7. The van der Waals surface area contributed by atoms with Gasteiger partial charge in [0, 0.05) is 31.2 Å². The van der Waals surface area contributed by atoms with Gasteiger partial charge in [0.2, 0.25) is 0 Å². The zero-order valence-electron chi connectivity index (χ0n) is 12.0. The van der Waals surface area contributed by atoms with Crippen molar-refractivity contribution in [1.29, 1.82) is 0 Å². The molecule has 1 fully saturated rings. The molecule has 1 aromatic carbocycles. The molecule has 1 aliphatic heterocycles. The Bertz CT molecular complexity index is 485. The Morgan fingerprint density at radius 2 is 2.10 bits per heavy atom. The summed E-state index contributed by atoms with van der Waals surface area (Å²) in [5.74, 6) is -0.200. The summed E-state index contributed by atoms with van der Waals surface area (Å²) >= 11 is 5.79. The number of hydrogen-bond acceptors (Lipinski definition) is 3. The number of phenols is 1. The molecule has 1 saturated heterocycles. The monoisotopic (exact) mass is 296 g/mol. The van der Waals surface area contributed by atoms with Gasteiger partial charge in [0.05, 0.1) is 5.56 Å². The van der Waals surface area contributed by atoms with Gasteiger partial charge in [-0.1, -0.05) is 18.5 Å². The number of amides is 1. The average molecular weight is 297 g/mol. The molecular formula is C15H21ClN2O2. The van der Waals surface area contributed by atoms with Crippen LogP contribution in [0, 0.1) is 0 Å². The van der Waals surface area contributed by atoms with Crippen LogP contribution in [0.4, 0.5) is 0 Å². The van der Waals surface area contributed by atoms with Gasteiger partial charge >= 0.3 is 0 Å². The minimum Gasteiger partial charge on any atom is -0.507 e. The van der Waals surface area contributed by atoms with Crippen molar-refractivity contribution in [2.24, 2.45) is 0 Å². The van der Waals surface area contributed by atoms with E-state index < -0.39 is 0 Å². The number of likely N-dealkylation sites (tertiary alicyclic amines) is 1. The van der Waals surface area contributed by atoms with Crippen LogP contribution in [-0.4, -0.2) is 53.5 Å². The van der Waals surface area contributed by atoms with Crippen LogP contribution in [0.3, 0.4) is 0 Å². The van der Waals surface area contributed by atoms with Crippen molar-refractivity contribution < 1.29 is 9.90 Å². The highest BCUT2D eigenvalue weighted by molar-refractivity contribution is 6.30. The van der Waals surface area contributed by atoms with Crippen molar-refractivity contribution in [2.45, 2.75) is 25.8 Å². The van der Waals surface area contributed by atoms with Crippen LogP contribution in [0.1, 0.15) is 30.1 Å². The second-order valence-electron chi connectivity index (χ2n) is 5.24. The summed E-state index contributed by atoms with van der Waals surface area (Å²) in [5.41, 5.74) is 0.315. The van der Waals surface area contributed by atoms with Crippen LogP contribution in [0.2, 0.25) is 5.02 Å². The molecule has 0 atom stereocenters. The van der Waals surface area contributed by atoms with Gasteiger partial charge in [-0.2, -0.15) is 0 Å². The topological polar surface area (TPSA) is 43.8 Å². The molecule has 0 aliphatic carbocycles. The highest BCUT2D eigenvalue weighted by Gasteiger charge is 2.26. The third-order valence-electron chi connectivity index (χ3n) is 4.06. The quantitative estimate of drug-likeness (QED) is 0.932. The molecule has 20 heavy (non-hydrogen) atoms. The molecule has 0 aromatic heterocycles. The minimum absolute atomic E-state index is 0.0552. The SMILES string of the molecule is CCN1CCC(N(C)C(=O)c2ccc(Cl)cc2O)CC1. The second kappa shape index (κ2) is 6.46. The van der Waals surface area contributed by atoms with E-state index in [1.807, 2.05) is 7.05 Å². The largest absolute Gasteiger partial charge is 0.507 e. The Morgan fingerprint density at radius 1 is 1.45 bits per heavy atom. The Kier molecular flexibility index (Phi) is 4.89. The molecule has 4 nitrogen and oxygen atoms in total. The fraction of sp³-hybridized carbons (Fsp3) is 0.533. The molecule has 1 aliphatic rings. The lowest BCUT2D eigenvalue weighted by Crippen LogP contribution is -2.45. The molecule has 1 aromatic rings. The van der Waals surface area contributed by atoms with Crippen molar-refractivity contribution in [1.82, 2.24) is 9.80 Å². The van der Waals surface area contributed by atoms with Gasteiger partial charge in [-0.15, -0.1) is 0 Å². The van der Waals surface area contributed by atoms with E-state index in [0.717, 1.165) is 32.5 Å². The highest BCUT2D eigenvalue weighted by atomic mass is 35.5. The number of halogens is 1. The van der Waals surface area contributed by atoms with Gasteiger partial charge in [0.1, 0.15) is 5.75 Å². The van der Waals surface area contributed by atoms with E-state index >= 15 is 0 Å². The fourth-order valence-electron chi connectivity index (χ4n) is 2.66. The lowest BCUT2D eigenvalue weighted by Gasteiger charge is -2.36. The van der Waals surface area contributed by atoms with E-state index in [0.29, 0.717) is 10.6 Å². The summed E-state index contributed by atoms with van der Waals surface area (Å²) in [4.78, 5) is 16.6. The van der Waals surface area contributed by atoms with Gasteiger partial charge in [-0.3, -0.25) is 4.79 Å². The Hall–Kier alpha value is -1.26. The predicted octanol–water partition coefficient (Wildman–Crippen LogP) is 2.60. The predicted molar refractivity (Wildman–Crippen MR) is 80.3 cm³/mol. The zero-order valence-corrected chi connectivity index (χ0v) is 12.7. The summed E-state index contributed by atoms with van der Waals surface area (Å²) in [6, 6.07) is 4.85. The Morgan fingerprint density at radius 3 is 2.65 bits per heavy atom. The highest BCUT2D eigenvalue weighted by Crippen LogP contribution is 2.25. The van der Waals surface area contributed by atoms with Gasteiger partial charge in [0.25, 0.3) is 5.91 Å². The normalized spacial score (nSPS) is 17.1. The van der Waals surface area contributed by atoms with E-state index in [-0.39, 0.29) is 17.7 Å². The number of aromatic hydroxyl groups is 1. The van der Waals surface area contributed by atoms with Crippen molar-refractivity contribution in [3.05, 3.63) is 28.8 Å². The molecular weight excluding hydrogens is 276 g/mol. The number of carbonyl (C=O) groups excluding carboxylic acids is 1. The molecule has 1 amide bonds. The summed E-state index contributed by atoms with van der Waals surface area (Å²) in [7, 11) is 1.81. The van der Waals surface area contributed by atoms with E-state index in [1.165, 1.54) is 6.07 Å². The van der Waals surface area contributed by atoms with E-state index in [9.17, 15) is 9.90 Å².